The van der Waals surface area contributed by atoms with E-state index in [4.69, 9.17) is 10.6 Å². The number of amides is 1. The first-order valence-corrected chi connectivity index (χ1v) is 10.5. The average molecular weight is 430 g/mol. The lowest BCUT2D eigenvalue weighted by atomic mass is 10.1. The van der Waals surface area contributed by atoms with Gasteiger partial charge in [0.05, 0.1) is 5.75 Å². The van der Waals surface area contributed by atoms with Gasteiger partial charge in [0.1, 0.15) is 18.2 Å². The topological polar surface area (TPSA) is 86.3 Å². The number of nitrogen functional groups attached to an aromatic ring is 1. The number of halogens is 1. The number of ether oxygens (including phenoxy) is 1. The molecule has 30 heavy (non-hydrogen) atoms. The van der Waals surface area contributed by atoms with Crippen molar-refractivity contribution >= 4 is 23.4 Å². The molecule has 0 aliphatic carbocycles. The number of aromatic nitrogens is 3. The number of nitrogens with two attached hydrogens (primary N) is 1. The van der Waals surface area contributed by atoms with Crippen LogP contribution in [0.5, 0.6) is 5.75 Å². The number of hydrogen-bond acceptors (Lipinski definition) is 6. The quantitative estimate of drug-likeness (QED) is 0.436. The van der Waals surface area contributed by atoms with E-state index in [1.165, 1.54) is 28.6 Å². The maximum absolute atomic E-state index is 13.1. The van der Waals surface area contributed by atoms with Crippen molar-refractivity contribution in [2.24, 2.45) is 0 Å². The first-order valence-electron chi connectivity index (χ1n) is 9.47. The minimum absolute atomic E-state index is 0.123. The van der Waals surface area contributed by atoms with E-state index in [0.717, 1.165) is 16.9 Å². The number of nitrogens with zero attached hydrogens (tertiary/aromatic N) is 4. The number of carbonyl (C=O) groups is 1. The number of hydrogen-bond donors (Lipinski definition) is 1. The van der Waals surface area contributed by atoms with Crippen LogP contribution in [-0.4, -0.2) is 33.1 Å². The van der Waals surface area contributed by atoms with Gasteiger partial charge in [0.2, 0.25) is 11.1 Å². The molecular weight excluding hydrogens is 405 g/mol. The monoisotopic (exact) mass is 429 g/mol. The van der Waals surface area contributed by atoms with Crippen LogP contribution in [0.3, 0.4) is 0 Å². The minimum atomic E-state index is -0.344. The second-order valence-corrected chi connectivity index (χ2v) is 7.62. The van der Waals surface area contributed by atoms with E-state index in [1.54, 1.807) is 17.0 Å². The molecule has 1 heterocycles. The van der Waals surface area contributed by atoms with Crippen molar-refractivity contribution in [3.8, 4) is 5.75 Å². The van der Waals surface area contributed by atoms with Crippen molar-refractivity contribution in [1.82, 2.24) is 14.9 Å². The highest BCUT2D eigenvalue weighted by Crippen LogP contribution is 2.24. The van der Waals surface area contributed by atoms with Gasteiger partial charge in [-0.3, -0.25) is 4.79 Å². The van der Waals surface area contributed by atoms with E-state index < -0.39 is 0 Å². The second kappa shape index (κ2) is 9.62. The smallest absolute Gasteiger partial charge is 0.237 e. The Balaban J connectivity index is 1.62. The van der Waals surface area contributed by atoms with E-state index in [-0.39, 0.29) is 24.1 Å². The first kappa shape index (κ1) is 21.6. The van der Waals surface area contributed by atoms with E-state index in [1.807, 2.05) is 39.0 Å². The maximum Gasteiger partial charge on any atom is 0.237 e. The van der Waals surface area contributed by atoms with Gasteiger partial charge in [-0.1, -0.05) is 30.0 Å². The Morgan fingerprint density at radius 2 is 1.83 bits per heavy atom. The largest absolute Gasteiger partial charge is 0.485 e. The van der Waals surface area contributed by atoms with Crippen molar-refractivity contribution in [1.29, 1.82) is 0 Å². The van der Waals surface area contributed by atoms with Gasteiger partial charge in [-0.2, -0.15) is 0 Å². The number of carbonyl (C=O) groups excluding carboxylic acids is 1. The van der Waals surface area contributed by atoms with Crippen LogP contribution in [0.15, 0.2) is 47.6 Å². The molecule has 0 radical (unpaired) electrons. The molecule has 0 atom stereocenters. The van der Waals surface area contributed by atoms with Crippen molar-refractivity contribution in [3.05, 3.63) is 65.2 Å². The second-order valence-electron chi connectivity index (χ2n) is 6.68. The fraction of sp³-hybridized carbons (Fsp3) is 0.286. The van der Waals surface area contributed by atoms with E-state index in [0.29, 0.717) is 23.2 Å². The SMILES string of the molecule is CCN(C(=O)CSc1nnc(COc2c(C)cccc2C)n1N)c1ccc(F)cc1. The summed E-state index contributed by atoms with van der Waals surface area (Å²) in [6.07, 6.45) is 0. The summed E-state index contributed by atoms with van der Waals surface area (Å²) >= 11 is 1.19. The van der Waals surface area contributed by atoms with Crippen molar-refractivity contribution in [2.45, 2.75) is 32.5 Å². The molecule has 9 heteroatoms. The third-order valence-corrected chi connectivity index (χ3v) is 5.50. The lowest BCUT2D eigenvalue weighted by molar-refractivity contribution is -0.116. The summed E-state index contributed by atoms with van der Waals surface area (Å²) in [5.41, 5.74) is 2.69. The minimum Gasteiger partial charge on any atom is -0.485 e. The average Bonchev–Trinajstić information content (AvgIpc) is 3.07. The van der Waals surface area contributed by atoms with Crippen LogP contribution in [0.25, 0.3) is 0 Å². The molecular formula is C21H24FN5O2S. The van der Waals surface area contributed by atoms with Crippen LogP contribution in [0.2, 0.25) is 0 Å². The highest BCUT2D eigenvalue weighted by Gasteiger charge is 2.18. The molecule has 3 aromatic rings. The molecule has 0 saturated carbocycles. The van der Waals surface area contributed by atoms with E-state index in [9.17, 15) is 9.18 Å². The summed E-state index contributed by atoms with van der Waals surface area (Å²) in [5.74, 6) is 6.99. The molecule has 3 rings (SSSR count). The summed E-state index contributed by atoms with van der Waals surface area (Å²) in [6, 6.07) is 11.7. The normalized spacial score (nSPS) is 10.8. The highest BCUT2D eigenvalue weighted by molar-refractivity contribution is 7.99. The molecule has 0 aliphatic rings. The zero-order valence-electron chi connectivity index (χ0n) is 17.1. The molecule has 2 N–H and O–H groups in total. The lowest BCUT2D eigenvalue weighted by Gasteiger charge is -2.20. The Morgan fingerprint density at radius 3 is 2.47 bits per heavy atom. The van der Waals surface area contributed by atoms with E-state index in [2.05, 4.69) is 10.2 Å². The van der Waals surface area contributed by atoms with Gasteiger partial charge in [0.25, 0.3) is 0 Å². The molecule has 0 unspecified atom stereocenters. The highest BCUT2D eigenvalue weighted by atomic mass is 32.2. The molecule has 0 aliphatic heterocycles. The summed E-state index contributed by atoms with van der Waals surface area (Å²) in [4.78, 5) is 14.2. The molecule has 0 spiro atoms. The van der Waals surface area contributed by atoms with Crippen molar-refractivity contribution in [2.75, 3.05) is 23.0 Å². The van der Waals surface area contributed by atoms with Gasteiger partial charge in [-0.15, -0.1) is 10.2 Å². The predicted octanol–water partition coefficient (Wildman–Crippen LogP) is 3.47. The van der Waals surface area contributed by atoms with Crippen LogP contribution < -0.4 is 15.5 Å². The Kier molecular flexibility index (Phi) is 6.94. The number of aryl methyl sites for hydroxylation is 2. The Morgan fingerprint density at radius 1 is 1.17 bits per heavy atom. The number of rotatable bonds is 8. The molecule has 0 saturated heterocycles. The Hall–Kier alpha value is -3.07. The molecule has 0 bridgehead atoms. The van der Waals surface area contributed by atoms with Crippen molar-refractivity contribution < 1.29 is 13.9 Å². The van der Waals surface area contributed by atoms with Crippen LogP contribution in [0.4, 0.5) is 10.1 Å². The van der Waals surface area contributed by atoms with E-state index >= 15 is 0 Å². The number of thioether (sulfide) groups is 1. The predicted molar refractivity (Wildman–Crippen MR) is 116 cm³/mol. The summed E-state index contributed by atoms with van der Waals surface area (Å²) in [6.45, 7) is 6.45. The zero-order chi connectivity index (χ0) is 21.7. The molecule has 2 aromatic carbocycles. The van der Waals surface area contributed by atoms with Crippen LogP contribution in [0, 0.1) is 19.7 Å². The van der Waals surface area contributed by atoms with Gasteiger partial charge in [0.15, 0.2) is 5.82 Å². The van der Waals surface area contributed by atoms with Crippen LogP contribution >= 0.6 is 11.8 Å². The van der Waals surface area contributed by atoms with Gasteiger partial charge in [-0.25, -0.2) is 9.07 Å². The molecule has 158 valence electrons. The van der Waals surface area contributed by atoms with Crippen LogP contribution in [0.1, 0.15) is 23.9 Å². The first-order chi connectivity index (χ1) is 14.4. The number of benzene rings is 2. The zero-order valence-corrected chi connectivity index (χ0v) is 17.9. The Labute approximate surface area is 179 Å². The fourth-order valence-corrected chi connectivity index (χ4v) is 3.75. The Bertz CT molecular complexity index is 1000. The van der Waals surface area contributed by atoms with Gasteiger partial charge in [-0.05, 0) is 56.2 Å². The summed E-state index contributed by atoms with van der Waals surface area (Å²) in [5, 5.41) is 8.56. The third-order valence-electron chi connectivity index (χ3n) is 4.57. The van der Waals surface area contributed by atoms with Crippen LogP contribution in [-0.2, 0) is 11.4 Å². The lowest BCUT2D eigenvalue weighted by Crippen LogP contribution is -2.32. The number of anilines is 1. The molecule has 1 aromatic heterocycles. The maximum atomic E-state index is 13.1. The molecule has 1 amide bonds. The summed E-state index contributed by atoms with van der Waals surface area (Å²) in [7, 11) is 0. The van der Waals surface area contributed by atoms with Crippen molar-refractivity contribution in [3.63, 3.8) is 0 Å². The summed E-state index contributed by atoms with van der Waals surface area (Å²) < 4.78 is 20.3. The molecule has 7 nitrogen and oxygen atoms in total. The fourth-order valence-electron chi connectivity index (χ4n) is 3.00. The standard InChI is InChI=1S/C21H24FN5O2S/c1-4-26(17-10-8-16(22)9-11-17)19(28)13-30-21-25-24-18(27(21)23)12-29-20-14(2)6-5-7-15(20)3/h5-11H,4,12-13,23H2,1-3H3. The van der Waals surface area contributed by atoms with Gasteiger partial charge < -0.3 is 15.5 Å². The van der Waals surface area contributed by atoms with Gasteiger partial charge >= 0.3 is 0 Å². The number of para-hydroxylation sites is 1. The molecule has 0 fully saturated rings. The third kappa shape index (κ3) is 4.91. The van der Waals surface area contributed by atoms with Gasteiger partial charge in [0, 0.05) is 12.2 Å².